The van der Waals surface area contributed by atoms with Gasteiger partial charge in [0.2, 0.25) is 5.91 Å². The Morgan fingerprint density at radius 3 is 2.72 bits per heavy atom. The van der Waals surface area contributed by atoms with Crippen molar-refractivity contribution in [3.8, 4) is 0 Å². The van der Waals surface area contributed by atoms with Gasteiger partial charge in [0.05, 0.1) is 12.2 Å². The fourth-order valence-corrected chi connectivity index (χ4v) is 4.36. The summed E-state index contributed by atoms with van der Waals surface area (Å²) in [5.74, 6) is 1.73. The van der Waals surface area contributed by atoms with Crippen LogP contribution in [0.2, 0.25) is 0 Å². The highest BCUT2D eigenvalue weighted by Gasteiger charge is 2.36. The zero-order valence-corrected chi connectivity index (χ0v) is 15.4. The molecule has 3 aliphatic rings. The molecule has 0 unspecified atom stereocenters. The standard InChI is InChI=1S/C19H29N5O/c1-3-22(4-2)15-7-9-23(11-15)18-16-8-10-24(19(25)14-5-6-14)12-17(16)20-13-21-18/h13-15H,3-12H2,1-2H3/t15-/m0/s1. The van der Waals surface area contributed by atoms with Crippen LogP contribution in [0.5, 0.6) is 0 Å². The molecule has 6 heteroatoms. The maximum absolute atomic E-state index is 12.4. The van der Waals surface area contributed by atoms with E-state index in [2.05, 4.69) is 33.6 Å². The Morgan fingerprint density at radius 1 is 1.20 bits per heavy atom. The molecule has 1 atom stereocenters. The van der Waals surface area contributed by atoms with E-state index in [4.69, 9.17) is 0 Å². The van der Waals surface area contributed by atoms with Crippen molar-refractivity contribution in [3.05, 3.63) is 17.6 Å². The normalized spacial score (nSPS) is 23.2. The molecule has 25 heavy (non-hydrogen) atoms. The molecule has 0 radical (unpaired) electrons. The summed E-state index contributed by atoms with van der Waals surface area (Å²) in [6.45, 7) is 10.3. The molecule has 2 aliphatic heterocycles. The first-order valence-electron chi connectivity index (χ1n) is 9.81. The van der Waals surface area contributed by atoms with Gasteiger partial charge in [-0.2, -0.15) is 0 Å². The zero-order valence-electron chi connectivity index (χ0n) is 15.4. The summed E-state index contributed by atoms with van der Waals surface area (Å²) in [5, 5.41) is 0. The molecule has 1 amide bonds. The van der Waals surface area contributed by atoms with Crippen LogP contribution in [0.25, 0.3) is 0 Å². The summed E-state index contributed by atoms with van der Waals surface area (Å²) in [6, 6.07) is 0.622. The van der Waals surface area contributed by atoms with Crippen LogP contribution < -0.4 is 4.90 Å². The molecule has 2 fully saturated rings. The van der Waals surface area contributed by atoms with Gasteiger partial charge in [-0.1, -0.05) is 13.8 Å². The summed E-state index contributed by atoms with van der Waals surface area (Å²) in [7, 11) is 0. The number of amides is 1. The maximum atomic E-state index is 12.4. The molecule has 1 saturated heterocycles. The average Bonchev–Trinajstić information content (AvgIpc) is 3.39. The lowest BCUT2D eigenvalue weighted by Gasteiger charge is -2.31. The molecule has 3 heterocycles. The largest absolute Gasteiger partial charge is 0.355 e. The second-order valence-corrected chi connectivity index (χ2v) is 7.52. The van der Waals surface area contributed by atoms with Crippen molar-refractivity contribution in [3.63, 3.8) is 0 Å². The average molecular weight is 343 g/mol. The smallest absolute Gasteiger partial charge is 0.226 e. The van der Waals surface area contributed by atoms with Gasteiger partial charge in [0.1, 0.15) is 12.1 Å². The Kier molecular flexibility index (Phi) is 4.63. The predicted molar refractivity (Wildman–Crippen MR) is 97.4 cm³/mol. The minimum absolute atomic E-state index is 0.288. The van der Waals surface area contributed by atoms with E-state index in [1.165, 1.54) is 12.0 Å². The highest BCUT2D eigenvalue weighted by molar-refractivity contribution is 5.81. The van der Waals surface area contributed by atoms with E-state index >= 15 is 0 Å². The topological polar surface area (TPSA) is 52.6 Å². The number of hydrogen-bond donors (Lipinski definition) is 0. The first-order valence-corrected chi connectivity index (χ1v) is 9.81. The monoisotopic (exact) mass is 343 g/mol. The minimum Gasteiger partial charge on any atom is -0.355 e. The van der Waals surface area contributed by atoms with E-state index < -0.39 is 0 Å². The molecule has 0 spiro atoms. The van der Waals surface area contributed by atoms with Crippen LogP contribution in [0.1, 0.15) is 44.4 Å². The second-order valence-electron chi connectivity index (χ2n) is 7.52. The third-order valence-corrected chi connectivity index (χ3v) is 6.01. The van der Waals surface area contributed by atoms with Crippen molar-refractivity contribution in [1.82, 2.24) is 19.8 Å². The number of aromatic nitrogens is 2. The molecular weight excluding hydrogens is 314 g/mol. The van der Waals surface area contributed by atoms with Crippen LogP contribution in [0, 0.1) is 5.92 Å². The van der Waals surface area contributed by atoms with Gasteiger partial charge in [-0.25, -0.2) is 9.97 Å². The van der Waals surface area contributed by atoms with Crippen molar-refractivity contribution in [2.75, 3.05) is 37.6 Å². The van der Waals surface area contributed by atoms with E-state index in [0.717, 1.165) is 63.5 Å². The lowest BCUT2D eigenvalue weighted by Crippen LogP contribution is -2.39. The van der Waals surface area contributed by atoms with Crippen LogP contribution in [0.3, 0.4) is 0 Å². The molecule has 0 bridgehead atoms. The molecule has 6 nitrogen and oxygen atoms in total. The quantitative estimate of drug-likeness (QED) is 0.814. The van der Waals surface area contributed by atoms with Crippen LogP contribution in [0.15, 0.2) is 6.33 Å². The third-order valence-electron chi connectivity index (χ3n) is 6.01. The highest BCUT2D eigenvalue weighted by atomic mass is 16.2. The number of hydrogen-bond acceptors (Lipinski definition) is 5. The molecular formula is C19H29N5O. The fourth-order valence-electron chi connectivity index (χ4n) is 4.36. The van der Waals surface area contributed by atoms with E-state index in [0.29, 0.717) is 18.5 Å². The Labute approximate surface area is 150 Å². The zero-order chi connectivity index (χ0) is 17.4. The van der Waals surface area contributed by atoms with Crippen molar-refractivity contribution in [2.45, 2.75) is 52.1 Å². The summed E-state index contributed by atoms with van der Waals surface area (Å²) < 4.78 is 0. The predicted octanol–water partition coefficient (Wildman–Crippen LogP) is 1.69. The van der Waals surface area contributed by atoms with Crippen LogP contribution >= 0.6 is 0 Å². The van der Waals surface area contributed by atoms with Crippen molar-refractivity contribution in [1.29, 1.82) is 0 Å². The minimum atomic E-state index is 0.288. The molecule has 4 rings (SSSR count). The first kappa shape index (κ1) is 16.8. The lowest BCUT2D eigenvalue weighted by atomic mass is 10.0. The van der Waals surface area contributed by atoms with E-state index in [1.54, 1.807) is 6.33 Å². The summed E-state index contributed by atoms with van der Waals surface area (Å²) in [4.78, 5) is 28.5. The Bertz CT molecular complexity index is 641. The molecule has 0 aromatic carbocycles. The Morgan fingerprint density at radius 2 is 2.00 bits per heavy atom. The highest BCUT2D eigenvalue weighted by Crippen LogP contribution is 2.34. The number of carbonyl (C=O) groups is 1. The number of carbonyl (C=O) groups excluding carboxylic acids is 1. The van der Waals surface area contributed by atoms with Gasteiger partial charge in [0, 0.05) is 37.2 Å². The summed E-state index contributed by atoms with van der Waals surface area (Å²) >= 11 is 0. The number of fused-ring (bicyclic) bond motifs is 1. The maximum Gasteiger partial charge on any atom is 0.226 e. The number of anilines is 1. The van der Waals surface area contributed by atoms with Gasteiger partial charge >= 0.3 is 0 Å². The van der Waals surface area contributed by atoms with Crippen LogP contribution in [-0.2, 0) is 17.8 Å². The lowest BCUT2D eigenvalue weighted by molar-refractivity contribution is -0.133. The molecule has 1 saturated carbocycles. The molecule has 1 aromatic heterocycles. The summed E-state index contributed by atoms with van der Waals surface area (Å²) in [6.07, 6.45) is 5.91. The summed E-state index contributed by atoms with van der Waals surface area (Å²) in [5.41, 5.74) is 2.32. The van der Waals surface area contributed by atoms with Crippen molar-refractivity contribution < 1.29 is 4.79 Å². The van der Waals surface area contributed by atoms with Crippen LogP contribution in [-0.4, -0.2) is 64.4 Å². The molecule has 1 aliphatic carbocycles. The number of nitrogens with zero attached hydrogens (tertiary/aromatic N) is 5. The fraction of sp³-hybridized carbons (Fsp3) is 0.737. The third kappa shape index (κ3) is 3.24. The number of rotatable bonds is 5. The van der Waals surface area contributed by atoms with Gasteiger partial charge < -0.3 is 9.80 Å². The van der Waals surface area contributed by atoms with E-state index in [-0.39, 0.29) is 5.92 Å². The van der Waals surface area contributed by atoms with Gasteiger partial charge in [-0.3, -0.25) is 9.69 Å². The molecule has 1 aromatic rings. The Hall–Kier alpha value is -1.69. The van der Waals surface area contributed by atoms with Gasteiger partial charge in [-0.05, 0) is 38.8 Å². The van der Waals surface area contributed by atoms with E-state index in [9.17, 15) is 4.79 Å². The van der Waals surface area contributed by atoms with Gasteiger partial charge in [0.15, 0.2) is 0 Å². The van der Waals surface area contributed by atoms with E-state index in [1.807, 2.05) is 4.90 Å². The van der Waals surface area contributed by atoms with Crippen molar-refractivity contribution in [2.24, 2.45) is 5.92 Å². The first-order chi connectivity index (χ1) is 12.2. The van der Waals surface area contributed by atoms with Gasteiger partial charge in [-0.15, -0.1) is 0 Å². The number of likely N-dealkylation sites (N-methyl/N-ethyl adjacent to an activating group) is 1. The second kappa shape index (κ2) is 6.90. The van der Waals surface area contributed by atoms with Crippen molar-refractivity contribution >= 4 is 11.7 Å². The van der Waals surface area contributed by atoms with Gasteiger partial charge in [0.25, 0.3) is 0 Å². The SMILES string of the molecule is CCN(CC)[C@H]1CCN(c2ncnc3c2CCN(C(=O)C2CC2)C3)C1. The molecule has 0 N–H and O–H groups in total. The Balaban J connectivity index is 1.49. The molecule has 136 valence electrons. The van der Waals surface area contributed by atoms with Crippen LogP contribution in [0.4, 0.5) is 5.82 Å².